The van der Waals surface area contributed by atoms with E-state index in [1.54, 1.807) is 11.7 Å². The van der Waals surface area contributed by atoms with Crippen LogP contribution in [0.15, 0.2) is 41.8 Å². The van der Waals surface area contributed by atoms with Crippen molar-refractivity contribution >= 4 is 11.5 Å². The molecule has 0 unspecified atom stereocenters. The van der Waals surface area contributed by atoms with E-state index in [4.69, 9.17) is 0 Å². The van der Waals surface area contributed by atoms with E-state index in [0.717, 1.165) is 30.6 Å². The molecule has 0 aliphatic heterocycles. The van der Waals surface area contributed by atoms with Crippen LogP contribution in [0.25, 0.3) is 0 Å². The van der Waals surface area contributed by atoms with Gasteiger partial charge in [0.25, 0.3) is 0 Å². The van der Waals surface area contributed by atoms with Crippen molar-refractivity contribution in [3.63, 3.8) is 0 Å². The van der Waals surface area contributed by atoms with E-state index in [9.17, 15) is 4.79 Å². The van der Waals surface area contributed by atoms with Gasteiger partial charge in [-0.2, -0.15) is 5.10 Å². The number of hydrogen-bond acceptors (Lipinski definition) is 3. The summed E-state index contributed by atoms with van der Waals surface area (Å²) in [7, 11) is 1.80. The molecule has 0 saturated carbocycles. The second kappa shape index (κ2) is 5.90. The molecule has 0 radical (unpaired) electrons. The van der Waals surface area contributed by atoms with Crippen LogP contribution >= 0.6 is 0 Å². The maximum atomic E-state index is 11.6. The zero-order valence-electron chi connectivity index (χ0n) is 12.4. The molecule has 1 heterocycles. The molecule has 1 aromatic rings. The van der Waals surface area contributed by atoms with E-state index < -0.39 is 0 Å². The SMILES string of the molecule is C=C(Nc1cn(C)nc1C(C)=O)C1=CC(CC)=CCC1. The third-order valence-corrected chi connectivity index (χ3v) is 3.42. The van der Waals surface area contributed by atoms with Gasteiger partial charge in [-0.05, 0) is 24.8 Å². The van der Waals surface area contributed by atoms with E-state index in [0.29, 0.717) is 5.69 Å². The van der Waals surface area contributed by atoms with E-state index in [1.165, 1.54) is 18.1 Å². The van der Waals surface area contributed by atoms with Gasteiger partial charge in [0.05, 0.1) is 5.69 Å². The smallest absolute Gasteiger partial charge is 0.182 e. The van der Waals surface area contributed by atoms with E-state index >= 15 is 0 Å². The Morgan fingerprint density at radius 1 is 1.55 bits per heavy atom. The zero-order valence-corrected chi connectivity index (χ0v) is 12.4. The molecule has 0 bridgehead atoms. The van der Waals surface area contributed by atoms with Crippen LogP contribution in [-0.4, -0.2) is 15.6 Å². The number of carbonyl (C=O) groups is 1. The third-order valence-electron chi connectivity index (χ3n) is 3.42. The minimum atomic E-state index is -0.0485. The molecule has 4 nitrogen and oxygen atoms in total. The lowest BCUT2D eigenvalue weighted by Crippen LogP contribution is -2.06. The maximum absolute atomic E-state index is 11.6. The molecule has 0 atom stereocenters. The first-order valence-corrected chi connectivity index (χ1v) is 6.91. The first-order valence-electron chi connectivity index (χ1n) is 6.91. The molecule has 20 heavy (non-hydrogen) atoms. The molecule has 4 heteroatoms. The van der Waals surface area contributed by atoms with Crippen molar-refractivity contribution in [3.05, 3.63) is 47.5 Å². The molecule has 1 aliphatic rings. The number of allylic oxidation sites excluding steroid dienone is 4. The number of nitrogens with one attached hydrogen (secondary N) is 1. The van der Waals surface area contributed by atoms with Crippen LogP contribution in [0, 0.1) is 0 Å². The Labute approximate surface area is 119 Å². The summed E-state index contributed by atoms with van der Waals surface area (Å²) in [6, 6.07) is 0. The van der Waals surface area contributed by atoms with Crippen molar-refractivity contribution in [3.8, 4) is 0 Å². The number of Topliss-reactive ketones (excluding diaryl/α,β-unsaturated/α-hetero) is 1. The number of carbonyl (C=O) groups excluding carboxylic acids is 1. The van der Waals surface area contributed by atoms with Crippen LogP contribution in [0.3, 0.4) is 0 Å². The highest BCUT2D eigenvalue weighted by Crippen LogP contribution is 2.26. The lowest BCUT2D eigenvalue weighted by Gasteiger charge is -2.16. The molecule has 1 aromatic heterocycles. The Morgan fingerprint density at radius 3 is 2.95 bits per heavy atom. The van der Waals surface area contributed by atoms with Gasteiger partial charge in [-0.25, -0.2) is 0 Å². The number of ketones is 1. The molecular weight excluding hydrogens is 250 g/mol. The second-order valence-corrected chi connectivity index (χ2v) is 5.07. The quantitative estimate of drug-likeness (QED) is 0.832. The van der Waals surface area contributed by atoms with Crippen molar-refractivity contribution in [2.45, 2.75) is 33.1 Å². The Hall–Kier alpha value is -2.10. The largest absolute Gasteiger partial charge is 0.353 e. The van der Waals surface area contributed by atoms with Crippen LogP contribution in [0.1, 0.15) is 43.6 Å². The summed E-state index contributed by atoms with van der Waals surface area (Å²) in [5.74, 6) is -0.0485. The second-order valence-electron chi connectivity index (χ2n) is 5.07. The molecule has 0 aromatic carbocycles. The third kappa shape index (κ3) is 3.07. The molecule has 0 saturated heterocycles. The molecule has 106 valence electrons. The number of aromatic nitrogens is 2. The zero-order chi connectivity index (χ0) is 14.7. The fourth-order valence-corrected chi connectivity index (χ4v) is 2.34. The number of aryl methyl sites for hydroxylation is 1. The van der Waals surface area contributed by atoms with Gasteiger partial charge >= 0.3 is 0 Å². The molecule has 0 fully saturated rings. The van der Waals surface area contributed by atoms with Gasteiger partial charge in [-0.3, -0.25) is 9.48 Å². The summed E-state index contributed by atoms with van der Waals surface area (Å²) in [6.07, 6.45) is 9.31. The predicted molar refractivity (Wildman–Crippen MR) is 81.7 cm³/mol. The average Bonchev–Trinajstić information content (AvgIpc) is 2.80. The van der Waals surface area contributed by atoms with Crippen LogP contribution in [0.5, 0.6) is 0 Å². The Kier molecular flexibility index (Phi) is 4.23. The van der Waals surface area contributed by atoms with E-state index in [-0.39, 0.29) is 5.78 Å². The lowest BCUT2D eigenvalue weighted by atomic mass is 9.96. The molecular formula is C16H21N3O. The summed E-state index contributed by atoms with van der Waals surface area (Å²) >= 11 is 0. The highest BCUT2D eigenvalue weighted by molar-refractivity contribution is 5.97. The van der Waals surface area contributed by atoms with Crippen molar-refractivity contribution in [1.29, 1.82) is 0 Å². The normalized spacial score (nSPS) is 14.6. The van der Waals surface area contributed by atoms with Crippen molar-refractivity contribution in [1.82, 2.24) is 9.78 Å². The van der Waals surface area contributed by atoms with E-state index in [1.807, 2.05) is 6.20 Å². The number of nitrogens with zero attached hydrogens (tertiary/aromatic N) is 2. The summed E-state index contributed by atoms with van der Waals surface area (Å²) in [4.78, 5) is 11.6. The number of anilines is 1. The molecule has 0 amide bonds. The Balaban J connectivity index is 2.18. The van der Waals surface area contributed by atoms with Gasteiger partial charge in [0.1, 0.15) is 0 Å². The van der Waals surface area contributed by atoms with Gasteiger partial charge < -0.3 is 5.32 Å². The highest BCUT2D eigenvalue weighted by atomic mass is 16.1. The first kappa shape index (κ1) is 14.3. The summed E-state index contributed by atoms with van der Waals surface area (Å²) in [5.41, 5.74) is 4.56. The lowest BCUT2D eigenvalue weighted by molar-refractivity contribution is 0.101. The Bertz CT molecular complexity index is 605. The molecule has 1 aliphatic carbocycles. The van der Waals surface area contributed by atoms with Crippen molar-refractivity contribution in [2.75, 3.05) is 5.32 Å². The molecule has 1 N–H and O–H groups in total. The predicted octanol–water partition coefficient (Wildman–Crippen LogP) is 3.60. The van der Waals surface area contributed by atoms with Crippen molar-refractivity contribution < 1.29 is 4.79 Å². The van der Waals surface area contributed by atoms with Crippen LogP contribution in [0.2, 0.25) is 0 Å². The monoisotopic (exact) mass is 271 g/mol. The number of hydrogen-bond donors (Lipinski definition) is 1. The van der Waals surface area contributed by atoms with Crippen LogP contribution < -0.4 is 5.32 Å². The maximum Gasteiger partial charge on any atom is 0.182 e. The highest BCUT2D eigenvalue weighted by Gasteiger charge is 2.14. The fraction of sp³-hybridized carbons (Fsp3) is 0.375. The van der Waals surface area contributed by atoms with Gasteiger partial charge in [0.2, 0.25) is 0 Å². The molecule has 2 rings (SSSR count). The molecule has 0 spiro atoms. The van der Waals surface area contributed by atoms with Crippen LogP contribution in [0.4, 0.5) is 5.69 Å². The topological polar surface area (TPSA) is 46.9 Å². The minimum Gasteiger partial charge on any atom is -0.353 e. The van der Waals surface area contributed by atoms with Gasteiger partial charge in [-0.15, -0.1) is 0 Å². The van der Waals surface area contributed by atoms with Gasteiger partial charge in [-0.1, -0.05) is 31.2 Å². The Morgan fingerprint density at radius 2 is 2.30 bits per heavy atom. The summed E-state index contributed by atoms with van der Waals surface area (Å²) in [6.45, 7) is 7.77. The summed E-state index contributed by atoms with van der Waals surface area (Å²) < 4.78 is 1.64. The summed E-state index contributed by atoms with van der Waals surface area (Å²) in [5, 5.41) is 7.41. The fourth-order valence-electron chi connectivity index (χ4n) is 2.34. The minimum absolute atomic E-state index is 0.0485. The van der Waals surface area contributed by atoms with E-state index in [2.05, 4.69) is 36.1 Å². The standard InChI is InChI=1S/C16H21N3O/c1-5-13-7-6-8-14(9-13)11(2)17-15-10-19(4)18-16(15)12(3)20/h7,9-10,17H,2,5-6,8H2,1,3-4H3. The average molecular weight is 271 g/mol. The van der Waals surface area contributed by atoms with Crippen molar-refractivity contribution in [2.24, 2.45) is 7.05 Å². The van der Waals surface area contributed by atoms with Gasteiger partial charge in [0.15, 0.2) is 11.5 Å². The van der Waals surface area contributed by atoms with Gasteiger partial charge in [0, 0.05) is 25.9 Å². The number of rotatable bonds is 5. The first-order chi connectivity index (χ1) is 9.51. The van der Waals surface area contributed by atoms with Crippen LogP contribution in [-0.2, 0) is 7.05 Å².